The van der Waals surface area contributed by atoms with Crippen molar-refractivity contribution in [3.05, 3.63) is 41.3 Å². The van der Waals surface area contributed by atoms with Gasteiger partial charge in [0.05, 0.1) is 11.7 Å². The molecule has 0 radical (unpaired) electrons. The number of phenols is 1. The summed E-state index contributed by atoms with van der Waals surface area (Å²) >= 11 is 5.91. The van der Waals surface area contributed by atoms with Gasteiger partial charge in [0.25, 0.3) is 0 Å². The van der Waals surface area contributed by atoms with Crippen molar-refractivity contribution in [2.24, 2.45) is 14.2 Å². The third-order valence-corrected chi connectivity index (χ3v) is 7.55. The molecule has 0 saturated carbocycles. The molecule has 0 aliphatic carbocycles. The van der Waals surface area contributed by atoms with Crippen LogP contribution in [0, 0.1) is 5.41 Å². The van der Waals surface area contributed by atoms with E-state index in [0.29, 0.717) is 5.76 Å². The molecule has 0 fully saturated rings. The largest absolute Gasteiger partial charge is 0.504 e. The maximum Gasteiger partial charge on any atom is 0.367 e. The summed E-state index contributed by atoms with van der Waals surface area (Å²) < 4.78 is 62.9. The van der Waals surface area contributed by atoms with Gasteiger partial charge in [-0.05, 0) is 41.3 Å². The maximum atomic E-state index is 12.5. The second-order valence-corrected chi connectivity index (χ2v) is 12.2. The van der Waals surface area contributed by atoms with Gasteiger partial charge in [0.15, 0.2) is 22.6 Å². The van der Waals surface area contributed by atoms with Crippen LogP contribution in [0.2, 0.25) is 5.22 Å². The number of anilines is 1. The van der Waals surface area contributed by atoms with Gasteiger partial charge in [0.2, 0.25) is 10.0 Å². The number of para-hydroxylation sites is 1. The van der Waals surface area contributed by atoms with Crippen LogP contribution >= 0.6 is 11.6 Å². The fraction of sp³-hybridized carbons (Fsp3) is 0.368. The quantitative estimate of drug-likeness (QED) is 0.511. The van der Waals surface area contributed by atoms with Crippen molar-refractivity contribution < 1.29 is 26.4 Å². The molecule has 1 aliphatic heterocycles. The van der Waals surface area contributed by atoms with E-state index in [1.54, 1.807) is 12.1 Å². The predicted octanol–water partition coefficient (Wildman–Crippen LogP) is 2.73. The van der Waals surface area contributed by atoms with Gasteiger partial charge in [-0.25, -0.2) is 12.7 Å². The van der Waals surface area contributed by atoms with Gasteiger partial charge in [-0.3, -0.25) is 0 Å². The number of sulfonamides is 1. The molecule has 180 valence electrons. The van der Waals surface area contributed by atoms with Crippen LogP contribution in [0.25, 0.3) is 0 Å². The van der Waals surface area contributed by atoms with E-state index in [4.69, 9.17) is 16.0 Å². The second-order valence-electron chi connectivity index (χ2n) is 8.48. The van der Waals surface area contributed by atoms with E-state index in [0.717, 1.165) is 4.31 Å². The summed E-state index contributed by atoms with van der Waals surface area (Å²) in [5.74, 6) is -0.511. The highest BCUT2D eigenvalue weighted by atomic mass is 35.5. The van der Waals surface area contributed by atoms with Gasteiger partial charge in [-0.2, -0.15) is 8.42 Å². The molecule has 2 heterocycles. The molecule has 0 amide bonds. The van der Waals surface area contributed by atoms with Crippen LogP contribution in [-0.4, -0.2) is 52.0 Å². The van der Waals surface area contributed by atoms with Crippen molar-refractivity contribution in [1.82, 2.24) is 9.62 Å². The van der Waals surface area contributed by atoms with Crippen molar-refractivity contribution in [3.8, 4) is 5.75 Å². The third kappa shape index (κ3) is 5.32. The topological polar surface area (TPSA) is 154 Å². The molecule has 1 aliphatic rings. The summed E-state index contributed by atoms with van der Waals surface area (Å²) in [4.78, 5) is -0.358. The zero-order valence-electron chi connectivity index (χ0n) is 18.5. The molecule has 1 aromatic heterocycles. The van der Waals surface area contributed by atoms with Gasteiger partial charge in [-0.15, -0.1) is 8.80 Å². The van der Waals surface area contributed by atoms with Crippen LogP contribution in [0.5, 0.6) is 5.75 Å². The first-order valence-corrected chi connectivity index (χ1v) is 12.8. The number of furan rings is 1. The van der Waals surface area contributed by atoms with Crippen molar-refractivity contribution in [2.45, 2.75) is 31.7 Å². The van der Waals surface area contributed by atoms with E-state index in [2.05, 4.69) is 19.4 Å². The van der Waals surface area contributed by atoms with Crippen LogP contribution in [0.1, 0.15) is 32.6 Å². The van der Waals surface area contributed by atoms with Gasteiger partial charge in [0.1, 0.15) is 10.7 Å². The Morgan fingerprint density at radius 2 is 1.76 bits per heavy atom. The second kappa shape index (κ2) is 8.63. The molecule has 1 atom stereocenters. The lowest BCUT2D eigenvalue weighted by Gasteiger charge is -2.30. The van der Waals surface area contributed by atoms with Crippen LogP contribution in [0.4, 0.5) is 5.69 Å². The minimum atomic E-state index is -4.21. The Morgan fingerprint density at radius 1 is 1.12 bits per heavy atom. The molecule has 0 saturated heterocycles. The molecule has 14 heteroatoms. The van der Waals surface area contributed by atoms with Gasteiger partial charge < -0.3 is 20.2 Å². The number of halogens is 1. The smallest absolute Gasteiger partial charge is 0.367 e. The van der Waals surface area contributed by atoms with Crippen molar-refractivity contribution in [3.63, 3.8) is 0 Å². The molecule has 1 aromatic carbocycles. The van der Waals surface area contributed by atoms with E-state index in [9.17, 15) is 21.9 Å². The van der Waals surface area contributed by atoms with E-state index in [-0.39, 0.29) is 27.5 Å². The molecular weight excluding hydrogens is 494 g/mol. The molecule has 33 heavy (non-hydrogen) atoms. The molecular formula is C19H24ClN5O6S2. The molecule has 3 rings (SSSR count). The van der Waals surface area contributed by atoms with Crippen molar-refractivity contribution in [1.29, 1.82) is 0 Å². The SMILES string of the molecule is CN(C)S(=O)(=O)c1cccc(NC2=NS(=O)(=O)N=C2N[C@@H](c2ccc(Cl)o2)C(C)(C)C)c1O. The Kier molecular flexibility index (Phi) is 6.54. The maximum absolute atomic E-state index is 12.5. The van der Waals surface area contributed by atoms with Crippen molar-refractivity contribution in [2.75, 3.05) is 19.4 Å². The summed E-state index contributed by atoms with van der Waals surface area (Å²) in [6.45, 7) is 5.70. The average Bonchev–Trinajstić information content (AvgIpc) is 3.22. The van der Waals surface area contributed by atoms with E-state index < -0.39 is 37.4 Å². The Morgan fingerprint density at radius 3 is 2.30 bits per heavy atom. The van der Waals surface area contributed by atoms with Crippen LogP contribution in [0.3, 0.4) is 0 Å². The number of phenolic OH excluding ortho intramolecular Hbond substituents is 1. The van der Waals surface area contributed by atoms with Gasteiger partial charge in [-0.1, -0.05) is 26.8 Å². The lowest BCUT2D eigenvalue weighted by atomic mass is 9.85. The van der Waals surface area contributed by atoms with E-state index >= 15 is 0 Å². The first kappa shape index (κ1) is 25.0. The zero-order chi connectivity index (χ0) is 24.8. The number of nitrogens with one attached hydrogen (secondary N) is 2. The summed E-state index contributed by atoms with van der Waals surface area (Å²) in [5, 5.41) is 16.4. The minimum absolute atomic E-state index is 0.0726. The highest BCUT2D eigenvalue weighted by Gasteiger charge is 2.34. The number of nitrogens with zero attached hydrogens (tertiary/aromatic N) is 3. The number of amidine groups is 2. The Hall–Kier alpha value is -2.61. The zero-order valence-corrected chi connectivity index (χ0v) is 20.9. The fourth-order valence-electron chi connectivity index (χ4n) is 3.00. The fourth-order valence-corrected chi connectivity index (χ4v) is 4.93. The highest BCUT2D eigenvalue weighted by Crippen LogP contribution is 2.36. The van der Waals surface area contributed by atoms with Crippen molar-refractivity contribution >= 4 is 49.2 Å². The minimum Gasteiger partial charge on any atom is -0.504 e. The molecule has 0 bridgehead atoms. The number of benzene rings is 1. The molecule has 0 unspecified atom stereocenters. The van der Waals surface area contributed by atoms with E-state index in [1.807, 2.05) is 20.8 Å². The number of rotatable bonds is 5. The Labute approximate surface area is 197 Å². The van der Waals surface area contributed by atoms with Crippen LogP contribution in [0.15, 0.2) is 48.4 Å². The predicted molar refractivity (Wildman–Crippen MR) is 125 cm³/mol. The van der Waals surface area contributed by atoms with Gasteiger partial charge >= 0.3 is 10.2 Å². The standard InChI is InChI=1S/C19H24ClN5O6S2/c1-19(2,3)16(12-9-10-14(20)31-12)22-18-17(23-33(29,30)24-18)21-11-7-6-8-13(15(11)26)32(27,28)25(4)5/h6-10,16,26H,1-5H3,(H,21,23)(H,22,24)/t16-/m0/s1. The lowest BCUT2D eigenvalue weighted by molar-refractivity contribution is 0.264. The molecule has 3 N–H and O–H groups in total. The lowest BCUT2D eigenvalue weighted by Crippen LogP contribution is -2.41. The number of hydrogen-bond acceptors (Lipinski definition) is 8. The summed E-state index contributed by atoms with van der Waals surface area (Å²) in [6.07, 6.45) is 0. The highest BCUT2D eigenvalue weighted by molar-refractivity contribution is 7.89. The first-order chi connectivity index (χ1) is 15.1. The average molecular weight is 518 g/mol. The normalized spacial score (nSPS) is 16.9. The summed E-state index contributed by atoms with van der Waals surface area (Å²) in [5.41, 5.74) is -0.542. The molecule has 0 spiro atoms. The molecule has 11 nitrogen and oxygen atoms in total. The molecule has 2 aromatic rings. The summed E-state index contributed by atoms with van der Waals surface area (Å²) in [7, 11) is -5.52. The van der Waals surface area contributed by atoms with Crippen LogP contribution < -0.4 is 10.6 Å². The Bertz CT molecular complexity index is 1340. The third-order valence-electron chi connectivity index (χ3n) is 4.67. The number of hydrogen-bond donors (Lipinski definition) is 3. The van der Waals surface area contributed by atoms with E-state index in [1.165, 1.54) is 32.3 Å². The van der Waals surface area contributed by atoms with Gasteiger partial charge in [0, 0.05) is 14.1 Å². The Balaban J connectivity index is 1.98. The monoisotopic (exact) mass is 517 g/mol. The summed E-state index contributed by atoms with van der Waals surface area (Å²) in [6, 6.07) is 6.66. The number of aromatic hydroxyl groups is 1. The first-order valence-electron chi connectivity index (χ1n) is 9.60. The van der Waals surface area contributed by atoms with Crippen LogP contribution in [-0.2, 0) is 20.2 Å².